The minimum Gasteiger partial charge on any atom is -0.394 e. The van der Waals surface area contributed by atoms with Crippen LogP contribution < -0.4 is 5.32 Å². The Balaban J connectivity index is 2.13. The van der Waals surface area contributed by atoms with E-state index < -0.39 is 0 Å². The third-order valence-corrected chi connectivity index (χ3v) is 5.22. The van der Waals surface area contributed by atoms with E-state index >= 15 is 0 Å². The van der Waals surface area contributed by atoms with Crippen molar-refractivity contribution in [3.8, 4) is 10.6 Å². The molecule has 2 aromatic rings. The first kappa shape index (κ1) is 17.4. The predicted octanol–water partition coefficient (Wildman–Crippen LogP) is 3.20. The van der Waals surface area contributed by atoms with Crippen LogP contribution in [0.15, 0.2) is 30.3 Å². The van der Waals surface area contributed by atoms with E-state index in [-0.39, 0.29) is 24.7 Å². The van der Waals surface area contributed by atoms with E-state index in [1.165, 1.54) is 4.90 Å². The number of thiazole rings is 1. The van der Waals surface area contributed by atoms with E-state index in [2.05, 4.69) is 10.3 Å². The molecular weight excluding hydrogens is 310 g/mol. The molecule has 0 saturated heterocycles. The highest BCUT2D eigenvalue weighted by Gasteiger charge is 2.20. The van der Waals surface area contributed by atoms with E-state index in [9.17, 15) is 4.79 Å². The van der Waals surface area contributed by atoms with Gasteiger partial charge in [-0.1, -0.05) is 30.3 Å². The van der Waals surface area contributed by atoms with Gasteiger partial charge in [-0.25, -0.2) is 9.78 Å². The molecule has 124 valence electrons. The molecule has 0 aliphatic carbocycles. The van der Waals surface area contributed by atoms with Crippen LogP contribution in [0.3, 0.4) is 0 Å². The molecule has 2 rings (SSSR count). The zero-order chi connectivity index (χ0) is 17.0. The molecule has 0 aliphatic rings. The molecule has 6 heteroatoms. The highest BCUT2D eigenvalue weighted by atomic mass is 32.1. The Bertz CT molecular complexity index is 657. The number of carbonyl (C=O) groups excluding carboxylic acids is 1. The highest BCUT2D eigenvalue weighted by molar-refractivity contribution is 7.15. The molecule has 1 aromatic carbocycles. The van der Waals surface area contributed by atoms with Crippen LogP contribution in [-0.2, 0) is 0 Å². The van der Waals surface area contributed by atoms with Gasteiger partial charge in [-0.3, -0.25) is 0 Å². The highest BCUT2D eigenvalue weighted by Crippen LogP contribution is 2.31. The summed E-state index contributed by atoms with van der Waals surface area (Å²) in [5.74, 6) is 0. The van der Waals surface area contributed by atoms with Crippen molar-refractivity contribution in [3.05, 3.63) is 40.9 Å². The number of aliphatic hydroxyl groups excluding tert-OH is 1. The van der Waals surface area contributed by atoms with Gasteiger partial charge in [0, 0.05) is 12.6 Å². The summed E-state index contributed by atoms with van der Waals surface area (Å²) in [6.07, 6.45) is 0. The monoisotopic (exact) mass is 333 g/mol. The Hall–Kier alpha value is -1.92. The summed E-state index contributed by atoms with van der Waals surface area (Å²) < 4.78 is 0. The van der Waals surface area contributed by atoms with Crippen LogP contribution in [0.5, 0.6) is 0 Å². The summed E-state index contributed by atoms with van der Waals surface area (Å²) in [5, 5.41) is 13.1. The number of hydrogen-bond acceptors (Lipinski definition) is 4. The van der Waals surface area contributed by atoms with Crippen molar-refractivity contribution in [2.24, 2.45) is 0 Å². The maximum atomic E-state index is 12.2. The van der Waals surface area contributed by atoms with Gasteiger partial charge >= 0.3 is 6.03 Å². The number of nitrogens with one attached hydrogen (secondary N) is 1. The molecule has 2 atom stereocenters. The van der Waals surface area contributed by atoms with E-state index in [4.69, 9.17) is 5.11 Å². The fraction of sp³-hybridized carbons (Fsp3) is 0.412. The number of amides is 2. The van der Waals surface area contributed by atoms with Crippen LogP contribution in [0.1, 0.15) is 30.5 Å². The molecule has 1 heterocycles. The number of aromatic nitrogens is 1. The second-order valence-corrected chi connectivity index (χ2v) is 6.68. The number of urea groups is 1. The topological polar surface area (TPSA) is 65.5 Å². The molecule has 5 nitrogen and oxygen atoms in total. The number of rotatable bonds is 5. The van der Waals surface area contributed by atoms with Crippen molar-refractivity contribution in [2.45, 2.75) is 32.9 Å². The van der Waals surface area contributed by atoms with E-state index in [0.717, 1.165) is 21.1 Å². The van der Waals surface area contributed by atoms with Gasteiger partial charge in [0.25, 0.3) is 0 Å². The summed E-state index contributed by atoms with van der Waals surface area (Å²) in [6, 6.07) is 9.46. The number of benzene rings is 1. The summed E-state index contributed by atoms with van der Waals surface area (Å²) in [4.78, 5) is 19.4. The lowest BCUT2D eigenvalue weighted by Crippen LogP contribution is -2.44. The molecular formula is C17H23N3O2S. The Morgan fingerprint density at radius 1 is 1.35 bits per heavy atom. The van der Waals surface area contributed by atoms with Gasteiger partial charge in [0.1, 0.15) is 5.01 Å². The van der Waals surface area contributed by atoms with Gasteiger partial charge in [0.05, 0.1) is 29.3 Å². The van der Waals surface area contributed by atoms with Crippen molar-refractivity contribution >= 4 is 17.4 Å². The Morgan fingerprint density at radius 3 is 2.61 bits per heavy atom. The maximum Gasteiger partial charge on any atom is 0.317 e. The first-order valence-electron chi connectivity index (χ1n) is 7.61. The summed E-state index contributed by atoms with van der Waals surface area (Å²) >= 11 is 1.59. The molecule has 2 amide bonds. The lowest BCUT2D eigenvalue weighted by atomic mass is 10.2. The van der Waals surface area contributed by atoms with Gasteiger partial charge in [0.2, 0.25) is 0 Å². The quantitative estimate of drug-likeness (QED) is 0.883. The van der Waals surface area contributed by atoms with Crippen LogP contribution in [0, 0.1) is 6.92 Å². The third kappa shape index (κ3) is 4.09. The van der Waals surface area contributed by atoms with Crippen LogP contribution in [0.4, 0.5) is 4.79 Å². The van der Waals surface area contributed by atoms with Gasteiger partial charge in [-0.15, -0.1) is 11.3 Å². The molecule has 2 unspecified atom stereocenters. The van der Waals surface area contributed by atoms with Crippen molar-refractivity contribution in [3.63, 3.8) is 0 Å². The first-order chi connectivity index (χ1) is 10.9. The Kier molecular flexibility index (Phi) is 5.74. The van der Waals surface area contributed by atoms with Crippen LogP contribution in [-0.4, -0.2) is 40.7 Å². The molecule has 0 aliphatic heterocycles. The molecule has 23 heavy (non-hydrogen) atoms. The van der Waals surface area contributed by atoms with Crippen LogP contribution in [0.25, 0.3) is 10.6 Å². The molecule has 0 fully saturated rings. The molecule has 0 bridgehead atoms. The zero-order valence-corrected chi connectivity index (χ0v) is 14.7. The average Bonchev–Trinajstić information content (AvgIpc) is 2.96. The molecule has 0 radical (unpaired) electrons. The maximum absolute atomic E-state index is 12.2. The van der Waals surface area contributed by atoms with Crippen LogP contribution in [0.2, 0.25) is 0 Å². The van der Waals surface area contributed by atoms with E-state index in [0.29, 0.717) is 0 Å². The minimum absolute atomic E-state index is 0.0595. The SMILES string of the molecule is Cc1nc(-c2ccccc2)sc1C(C)NC(=O)N(C)C(C)CO. The third-order valence-electron chi connectivity index (χ3n) is 3.83. The second kappa shape index (κ2) is 7.57. The van der Waals surface area contributed by atoms with Crippen molar-refractivity contribution in [1.82, 2.24) is 15.2 Å². The number of carbonyl (C=O) groups is 1. The summed E-state index contributed by atoms with van der Waals surface area (Å²) in [6.45, 7) is 5.65. The smallest absolute Gasteiger partial charge is 0.317 e. The Morgan fingerprint density at radius 2 is 2.00 bits per heavy atom. The number of hydrogen-bond donors (Lipinski definition) is 2. The number of nitrogens with zero attached hydrogens (tertiary/aromatic N) is 2. The fourth-order valence-corrected chi connectivity index (χ4v) is 3.26. The van der Waals surface area contributed by atoms with E-state index in [1.807, 2.05) is 44.2 Å². The average molecular weight is 333 g/mol. The van der Waals surface area contributed by atoms with E-state index in [1.54, 1.807) is 25.3 Å². The zero-order valence-electron chi connectivity index (χ0n) is 13.9. The Labute approximate surface area is 141 Å². The lowest BCUT2D eigenvalue weighted by molar-refractivity contribution is 0.155. The van der Waals surface area contributed by atoms with Gasteiger partial charge in [-0.2, -0.15) is 0 Å². The van der Waals surface area contributed by atoms with Gasteiger partial charge in [0.15, 0.2) is 0 Å². The van der Waals surface area contributed by atoms with Crippen LogP contribution >= 0.6 is 11.3 Å². The molecule has 0 spiro atoms. The first-order valence-corrected chi connectivity index (χ1v) is 8.42. The standard InChI is InChI=1S/C17H23N3O2S/c1-11(10-21)20(4)17(22)19-13(3)15-12(2)18-16(23-15)14-8-6-5-7-9-14/h5-9,11,13,21H,10H2,1-4H3,(H,19,22). The number of likely N-dealkylation sites (N-methyl/N-ethyl adjacent to an activating group) is 1. The van der Waals surface area contributed by atoms with Crippen molar-refractivity contribution in [1.29, 1.82) is 0 Å². The summed E-state index contributed by atoms with van der Waals surface area (Å²) in [5.41, 5.74) is 2.01. The fourth-order valence-electron chi connectivity index (χ4n) is 2.19. The molecule has 1 aromatic heterocycles. The normalized spacial score (nSPS) is 13.4. The minimum atomic E-state index is -0.218. The number of aryl methyl sites for hydroxylation is 1. The van der Waals surface area contributed by atoms with Crippen molar-refractivity contribution < 1.29 is 9.90 Å². The van der Waals surface area contributed by atoms with Crippen molar-refractivity contribution in [2.75, 3.05) is 13.7 Å². The predicted molar refractivity (Wildman–Crippen MR) is 93.5 cm³/mol. The van der Waals surface area contributed by atoms with Gasteiger partial charge in [-0.05, 0) is 20.8 Å². The summed E-state index contributed by atoms with van der Waals surface area (Å²) in [7, 11) is 1.68. The molecule has 0 saturated carbocycles. The largest absolute Gasteiger partial charge is 0.394 e. The van der Waals surface area contributed by atoms with Gasteiger partial charge < -0.3 is 15.3 Å². The lowest BCUT2D eigenvalue weighted by Gasteiger charge is -2.25. The molecule has 2 N–H and O–H groups in total. The number of aliphatic hydroxyl groups is 1. The second-order valence-electron chi connectivity index (χ2n) is 5.65.